The zero-order valence-corrected chi connectivity index (χ0v) is 19.2. The Hall–Kier alpha value is -2.27. The zero-order valence-electron chi connectivity index (χ0n) is 19.2. The van der Waals surface area contributed by atoms with Gasteiger partial charge in [0.25, 0.3) is 5.91 Å². The topological polar surface area (TPSA) is 52.5 Å². The molecule has 0 radical (unpaired) electrons. The van der Waals surface area contributed by atoms with E-state index in [4.69, 9.17) is 9.47 Å². The van der Waals surface area contributed by atoms with Crippen LogP contribution in [0.25, 0.3) is 0 Å². The summed E-state index contributed by atoms with van der Waals surface area (Å²) in [6, 6.07) is 10.9. The van der Waals surface area contributed by atoms with Crippen LogP contribution in [0.1, 0.15) is 78.3 Å². The Balaban J connectivity index is 1.52. The Kier molecular flexibility index (Phi) is 6.71. The molecule has 0 unspecified atom stereocenters. The molecule has 1 aliphatic carbocycles. The summed E-state index contributed by atoms with van der Waals surface area (Å²) in [4.78, 5) is 13.3. The van der Waals surface area contributed by atoms with E-state index in [2.05, 4.69) is 41.9 Å². The molecule has 0 spiro atoms. The predicted molar refractivity (Wildman–Crippen MR) is 123 cm³/mol. The second kappa shape index (κ2) is 9.47. The standard InChI is InChI=1S/C26H36N2O3/c1-19-17-24(20(2)28(19)22-7-5-4-6-8-22)25(29)27-18-26(13-15-31-16-14-26)21-9-11-23(30-3)12-10-21/h9-12,17,22H,4-8,13-16,18H2,1-3H3,(H,27,29). The summed E-state index contributed by atoms with van der Waals surface area (Å²) in [6.07, 6.45) is 8.16. The number of carbonyl (C=O) groups is 1. The minimum absolute atomic E-state index is 0.0366. The number of aryl methyl sites for hydroxylation is 1. The number of ether oxygens (including phenoxy) is 2. The van der Waals surface area contributed by atoms with Gasteiger partial charge in [0.15, 0.2) is 0 Å². The van der Waals surface area contributed by atoms with Gasteiger partial charge in [-0.15, -0.1) is 0 Å². The highest BCUT2D eigenvalue weighted by atomic mass is 16.5. The number of nitrogens with one attached hydrogen (secondary N) is 1. The van der Waals surface area contributed by atoms with Crippen molar-refractivity contribution in [3.8, 4) is 5.75 Å². The summed E-state index contributed by atoms with van der Waals surface area (Å²) >= 11 is 0. The van der Waals surface area contributed by atoms with Gasteiger partial charge in [-0.2, -0.15) is 0 Å². The Morgan fingerprint density at radius 2 is 1.81 bits per heavy atom. The smallest absolute Gasteiger partial charge is 0.253 e. The van der Waals surface area contributed by atoms with Gasteiger partial charge < -0.3 is 19.4 Å². The van der Waals surface area contributed by atoms with Crippen LogP contribution in [0.5, 0.6) is 5.75 Å². The first-order chi connectivity index (χ1) is 15.0. The molecule has 1 aromatic heterocycles. The molecule has 4 rings (SSSR count). The first kappa shape index (κ1) is 21.9. The van der Waals surface area contributed by atoms with E-state index in [1.54, 1.807) is 7.11 Å². The molecule has 5 heteroatoms. The van der Waals surface area contributed by atoms with E-state index in [-0.39, 0.29) is 11.3 Å². The van der Waals surface area contributed by atoms with Crippen LogP contribution in [-0.2, 0) is 10.2 Å². The lowest BCUT2D eigenvalue weighted by molar-refractivity contribution is 0.0487. The molecule has 2 heterocycles. The number of amides is 1. The summed E-state index contributed by atoms with van der Waals surface area (Å²) < 4.78 is 13.4. The predicted octanol–water partition coefficient (Wildman–Crippen LogP) is 5.10. The maximum atomic E-state index is 13.3. The number of nitrogens with zero attached hydrogens (tertiary/aromatic N) is 1. The van der Waals surface area contributed by atoms with Crippen molar-refractivity contribution in [3.05, 3.63) is 52.8 Å². The fraction of sp³-hybridized carbons (Fsp3) is 0.577. The minimum Gasteiger partial charge on any atom is -0.497 e. The van der Waals surface area contributed by atoms with Crippen LogP contribution >= 0.6 is 0 Å². The summed E-state index contributed by atoms with van der Waals surface area (Å²) in [5.41, 5.74) is 4.26. The lowest BCUT2D eigenvalue weighted by Gasteiger charge is -2.38. The van der Waals surface area contributed by atoms with Gasteiger partial charge in [-0.3, -0.25) is 4.79 Å². The van der Waals surface area contributed by atoms with E-state index in [9.17, 15) is 4.79 Å². The molecule has 2 aliphatic rings. The van der Waals surface area contributed by atoms with Gasteiger partial charge in [0.1, 0.15) is 5.75 Å². The number of aromatic nitrogens is 1. The van der Waals surface area contributed by atoms with Crippen molar-refractivity contribution in [1.29, 1.82) is 0 Å². The van der Waals surface area contributed by atoms with Crippen LogP contribution < -0.4 is 10.1 Å². The van der Waals surface area contributed by atoms with Crippen molar-refractivity contribution in [1.82, 2.24) is 9.88 Å². The molecule has 5 nitrogen and oxygen atoms in total. The summed E-state index contributed by atoms with van der Waals surface area (Å²) in [7, 11) is 1.68. The summed E-state index contributed by atoms with van der Waals surface area (Å²) in [6.45, 7) is 6.30. The maximum absolute atomic E-state index is 13.3. The quantitative estimate of drug-likeness (QED) is 0.702. The van der Waals surface area contributed by atoms with Crippen molar-refractivity contribution < 1.29 is 14.3 Å². The van der Waals surface area contributed by atoms with Crippen LogP contribution in [0.4, 0.5) is 0 Å². The van der Waals surface area contributed by atoms with Crippen molar-refractivity contribution in [2.75, 3.05) is 26.9 Å². The SMILES string of the molecule is COc1ccc(C2(CNC(=O)c3cc(C)n(C4CCCCC4)c3C)CCOCC2)cc1. The maximum Gasteiger partial charge on any atom is 0.253 e. The molecule has 1 saturated carbocycles. The van der Waals surface area contributed by atoms with Gasteiger partial charge in [-0.05, 0) is 63.3 Å². The Bertz CT molecular complexity index is 888. The van der Waals surface area contributed by atoms with Gasteiger partial charge in [0.05, 0.1) is 12.7 Å². The Morgan fingerprint density at radius 3 is 2.45 bits per heavy atom. The molecule has 0 bridgehead atoms. The van der Waals surface area contributed by atoms with E-state index in [1.807, 2.05) is 12.1 Å². The monoisotopic (exact) mass is 424 g/mol. The molecular weight excluding hydrogens is 388 g/mol. The highest BCUT2D eigenvalue weighted by Crippen LogP contribution is 2.36. The molecular formula is C26H36N2O3. The number of methoxy groups -OCH3 is 1. The van der Waals surface area contributed by atoms with Crippen LogP contribution in [0.2, 0.25) is 0 Å². The van der Waals surface area contributed by atoms with Crippen LogP contribution in [0, 0.1) is 13.8 Å². The highest BCUT2D eigenvalue weighted by Gasteiger charge is 2.35. The first-order valence-electron chi connectivity index (χ1n) is 11.7. The molecule has 0 atom stereocenters. The van der Waals surface area contributed by atoms with Gasteiger partial charge in [-0.1, -0.05) is 31.4 Å². The molecule has 2 fully saturated rings. The number of hydrogen-bond acceptors (Lipinski definition) is 3. The van der Waals surface area contributed by atoms with E-state index in [1.165, 1.54) is 43.4 Å². The normalized spacial score (nSPS) is 19.2. The fourth-order valence-electron chi connectivity index (χ4n) is 5.53. The van der Waals surface area contributed by atoms with Crippen molar-refractivity contribution in [2.45, 2.75) is 70.3 Å². The molecule has 1 aliphatic heterocycles. The van der Waals surface area contributed by atoms with Gasteiger partial charge in [0.2, 0.25) is 0 Å². The van der Waals surface area contributed by atoms with Crippen molar-refractivity contribution >= 4 is 5.91 Å². The Labute approximate surface area is 186 Å². The molecule has 2 aromatic rings. The Morgan fingerprint density at radius 1 is 1.13 bits per heavy atom. The van der Waals surface area contributed by atoms with E-state index < -0.39 is 0 Å². The third-order valence-electron chi connectivity index (χ3n) is 7.41. The molecule has 1 amide bonds. The second-order valence-corrected chi connectivity index (χ2v) is 9.25. The third-order valence-corrected chi connectivity index (χ3v) is 7.41. The molecule has 31 heavy (non-hydrogen) atoms. The van der Waals surface area contributed by atoms with Crippen LogP contribution in [-0.4, -0.2) is 37.3 Å². The second-order valence-electron chi connectivity index (χ2n) is 9.25. The molecule has 168 valence electrons. The number of carbonyl (C=O) groups excluding carboxylic acids is 1. The number of benzene rings is 1. The lowest BCUT2D eigenvalue weighted by atomic mass is 9.74. The number of rotatable bonds is 6. The fourth-order valence-corrected chi connectivity index (χ4v) is 5.53. The summed E-state index contributed by atoms with van der Waals surface area (Å²) in [5.74, 6) is 0.889. The highest BCUT2D eigenvalue weighted by molar-refractivity contribution is 5.95. The van der Waals surface area contributed by atoms with E-state index in [0.29, 0.717) is 12.6 Å². The molecule has 1 saturated heterocycles. The molecule has 1 aromatic carbocycles. The third kappa shape index (κ3) is 4.52. The van der Waals surface area contributed by atoms with Gasteiger partial charge in [-0.25, -0.2) is 0 Å². The average molecular weight is 425 g/mol. The van der Waals surface area contributed by atoms with Crippen molar-refractivity contribution in [3.63, 3.8) is 0 Å². The number of hydrogen-bond donors (Lipinski definition) is 1. The van der Waals surface area contributed by atoms with Gasteiger partial charge >= 0.3 is 0 Å². The van der Waals surface area contributed by atoms with E-state index in [0.717, 1.165) is 43.1 Å². The van der Waals surface area contributed by atoms with Crippen molar-refractivity contribution in [2.24, 2.45) is 0 Å². The summed E-state index contributed by atoms with van der Waals surface area (Å²) in [5, 5.41) is 3.28. The molecule has 1 N–H and O–H groups in total. The van der Waals surface area contributed by atoms with Crippen LogP contribution in [0.15, 0.2) is 30.3 Å². The minimum atomic E-state index is -0.102. The van der Waals surface area contributed by atoms with Gasteiger partial charge in [0, 0.05) is 42.6 Å². The van der Waals surface area contributed by atoms with E-state index >= 15 is 0 Å². The zero-order chi connectivity index (χ0) is 21.8. The first-order valence-corrected chi connectivity index (χ1v) is 11.7. The average Bonchev–Trinajstić information content (AvgIpc) is 3.12. The largest absolute Gasteiger partial charge is 0.497 e. The lowest BCUT2D eigenvalue weighted by Crippen LogP contribution is -2.44. The van der Waals surface area contributed by atoms with Crippen LogP contribution in [0.3, 0.4) is 0 Å².